The van der Waals surface area contributed by atoms with Gasteiger partial charge in [-0.3, -0.25) is 0 Å². The van der Waals surface area contributed by atoms with Crippen molar-refractivity contribution >= 4 is 17.4 Å². The Labute approximate surface area is 114 Å². The summed E-state index contributed by atoms with van der Waals surface area (Å²) in [5.74, 6) is 1.94. The molecule has 18 heavy (non-hydrogen) atoms. The number of rotatable bonds is 3. The molecule has 1 aromatic rings. The summed E-state index contributed by atoms with van der Waals surface area (Å²) in [4.78, 5) is 7.38. The third-order valence-corrected chi connectivity index (χ3v) is 4.50. The smallest absolute Gasteiger partial charge is 0.129 e. The minimum atomic E-state index is 0.600. The maximum atomic E-state index is 5.93. The molecule has 1 unspecified atom stereocenters. The van der Waals surface area contributed by atoms with E-state index in [1.54, 1.807) is 0 Å². The van der Waals surface area contributed by atoms with Crippen molar-refractivity contribution in [3.05, 3.63) is 23.4 Å². The highest BCUT2D eigenvalue weighted by Crippen LogP contribution is 2.28. The molecule has 2 heterocycles. The first-order valence-electron chi connectivity index (χ1n) is 7.20. The Bertz CT molecular complexity index is 417. The normalized spacial score (nSPS) is 23.2. The lowest BCUT2D eigenvalue weighted by Crippen LogP contribution is -2.40. The average molecular weight is 265 g/mol. The molecule has 1 fully saturated rings. The summed E-state index contributed by atoms with van der Waals surface area (Å²) < 4.78 is 0. The van der Waals surface area contributed by atoms with Gasteiger partial charge in [0.25, 0.3) is 0 Å². The molecule has 1 aliphatic heterocycles. The molecule has 2 nitrogen and oxygen atoms in total. The molecule has 0 amide bonds. The van der Waals surface area contributed by atoms with Gasteiger partial charge in [-0.1, -0.05) is 6.07 Å². The topological polar surface area (TPSA) is 16.1 Å². The van der Waals surface area contributed by atoms with Crippen LogP contribution in [0.25, 0.3) is 0 Å². The first-order valence-corrected chi connectivity index (χ1v) is 7.73. The van der Waals surface area contributed by atoms with Gasteiger partial charge in [-0.15, -0.1) is 11.6 Å². The highest BCUT2D eigenvalue weighted by Gasteiger charge is 2.24. The molecule has 1 saturated heterocycles. The van der Waals surface area contributed by atoms with Gasteiger partial charge in [0.1, 0.15) is 5.82 Å². The molecule has 1 aliphatic carbocycles. The quantitative estimate of drug-likeness (QED) is 0.776. The van der Waals surface area contributed by atoms with Crippen LogP contribution in [0.2, 0.25) is 0 Å². The molecule has 3 heteroatoms. The SMILES string of the molecule is ClCCC1CCCCN1c1ccc2c(n1)CCC2. The van der Waals surface area contributed by atoms with E-state index in [0.717, 1.165) is 25.3 Å². The fourth-order valence-corrected chi connectivity index (χ4v) is 3.55. The molecule has 0 N–H and O–H groups in total. The van der Waals surface area contributed by atoms with Crippen LogP contribution in [0.5, 0.6) is 0 Å². The fraction of sp³-hybridized carbons (Fsp3) is 0.667. The van der Waals surface area contributed by atoms with Crippen LogP contribution in [0.4, 0.5) is 5.82 Å². The number of piperidine rings is 1. The summed E-state index contributed by atoms with van der Waals surface area (Å²) in [7, 11) is 0. The third-order valence-electron chi connectivity index (χ3n) is 4.28. The predicted molar refractivity (Wildman–Crippen MR) is 76.6 cm³/mol. The van der Waals surface area contributed by atoms with Crippen molar-refractivity contribution < 1.29 is 0 Å². The number of hydrogen-bond acceptors (Lipinski definition) is 2. The van der Waals surface area contributed by atoms with Crippen LogP contribution in [-0.2, 0) is 12.8 Å². The second kappa shape index (κ2) is 5.48. The van der Waals surface area contributed by atoms with E-state index in [0.29, 0.717) is 6.04 Å². The maximum Gasteiger partial charge on any atom is 0.129 e. The van der Waals surface area contributed by atoms with E-state index < -0.39 is 0 Å². The van der Waals surface area contributed by atoms with Crippen LogP contribution in [0.15, 0.2) is 12.1 Å². The van der Waals surface area contributed by atoms with Crippen LogP contribution >= 0.6 is 11.6 Å². The van der Waals surface area contributed by atoms with E-state index in [2.05, 4.69) is 17.0 Å². The summed E-state index contributed by atoms with van der Waals surface area (Å²) in [5, 5.41) is 0. The Morgan fingerprint density at radius 1 is 1.22 bits per heavy atom. The molecule has 98 valence electrons. The molecular formula is C15H21ClN2. The second-order valence-corrected chi connectivity index (χ2v) is 5.83. The lowest BCUT2D eigenvalue weighted by Gasteiger charge is -2.36. The molecular weight excluding hydrogens is 244 g/mol. The third kappa shape index (κ3) is 2.35. The van der Waals surface area contributed by atoms with Gasteiger partial charge in [0.05, 0.1) is 0 Å². The van der Waals surface area contributed by atoms with Crippen molar-refractivity contribution in [1.29, 1.82) is 0 Å². The molecule has 0 aromatic carbocycles. The number of hydrogen-bond donors (Lipinski definition) is 0. The number of anilines is 1. The molecule has 2 aliphatic rings. The molecule has 0 saturated carbocycles. The molecule has 3 rings (SSSR count). The number of halogens is 1. The fourth-order valence-electron chi connectivity index (χ4n) is 3.30. The van der Waals surface area contributed by atoms with Gasteiger partial charge in [-0.2, -0.15) is 0 Å². The number of fused-ring (bicyclic) bond motifs is 1. The lowest BCUT2D eigenvalue weighted by molar-refractivity contribution is 0.448. The van der Waals surface area contributed by atoms with Gasteiger partial charge in [0.15, 0.2) is 0 Å². The standard InChI is InChI=1S/C15H21ClN2/c16-10-9-13-5-1-2-11-18(13)15-8-7-12-4-3-6-14(12)17-15/h7-8,13H,1-6,9-11H2. The Kier molecular flexibility index (Phi) is 3.74. The van der Waals surface area contributed by atoms with E-state index >= 15 is 0 Å². The van der Waals surface area contributed by atoms with Gasteiger partial charge >= 0.3 is 0 Å². The number of nitrogens with zero attached hydrogens (tertiary/aromatic N) is 2. The Hall–Kier alpha value is -0.760. The van der Waals surface area contributed by atoms with Crippen molar-refractivity contribution in [3.8, 4) is 0 Å². The highest BCUT2D eigenvalue weighted by molar-refractivity contribution is 6.17. The second-order valence-electron chi connectivity index (χ2n) is 5.45. The monoisotopic (exact) mass is 264 g/mol. The predicted octanol–water partition coefficient (Wildman–Crippen LogP) is 3.56. The van der Waals surface area contributed by atoms with Gasteiger partial charge in [-0.05, 0) is 56.6 Å². The van der Waals surface area contributed by atoms with E-state index in [9.17, 15) is 0 Å². The van der Waals surface area contributed by atoms with Crippen molar-refractivity contribution in [2.75, 3.05) is 17.3 Å². The van der Waals surface area contributed by atoms with Crippen molar-refractivity contribution in [2.45, 2.75) is 51.0 Å². The van der Waals surface area contributed by atoms with Crippen molar-refractivity contribution in [3.63, 3.8) is 0 Å². The summed E-state index contributed by atoms with van der Waals surface area (Å²) in [6, 6.07) is 5.11. The van der Waals surface area contributed by atoms with Crippen LogP contribution in [-0.4, -0.2) is 23.5 Å². The average Bonchev–Trinajstić information content (AvgIpc) is 2.87. The van der Waals surface area contributed by atoms with Crippen LogP contribution in [0, 0.1) is 0 Å². The summed E-state index contributed by atoms with van der Waals surface area (Å²) in [6.45, 7) is 1.15. The van der Waals surface area contributed by atoms with Crippen LogP contribution < -0.4 is 4.90 Å². The molecule has 0 radical (unpaired) electrons. The van der Waals surface area contributed by atoms with E-state index in [1.165, 1.54) is 49.2 Å². The zero-order chi connectivity index (χ0) is 12.4. The Morgan fingerprint density at radius 3 is 3.06 bits per heavy atom. The van der Waals surface area contributed by atoms with Gasteiger partial charge < -0.3 is 4.90 Å². The number of aryl methyl sites for hydroxylation is 2. The summed E-state index contributed by atoms with van der Waals surface area (Å²) in [6.07, 6.45) is 8.63. The zero-order valence-electron chi connectivity index (χ0n) is 10.9. The van der Waals surface area contributed by atoms with Gasteiger partial charge in [-0.25, -0.2) is 4.98 Å². The number of aromatic nitrogens is 1. The van der Waals surface area contributed by atoms with E-state index in [-0.39, 0.29) is 0 Å². The molecule has 0 bridgehead atoms. The minimum absolute atomic E-state index is 0.600. The van der Waals surface area contributed by atoms with E-state index in [4.69, 9.17) is 16.6 Å². The van der Waals surface area contributed by atoms with Gasteiger partial charge in [0, 0.05) is 24.2 Å². The summed E-state index contributed by atoms with van der Waals surface area (Å²) >= 11 is 5.93. The maximum absolute atomic E-state index is 5.93. The van der Waals surface area contributed by atoms with E-state index in [1.807, 2.05) is 0 Å². The lowest BCUT2D eigenvalue weighted by atomic mass is 10.00. The molecule has 1 atom stereocenters. The van der Waals surface area contributed by atoms with Crippen LogP contribution in [0.3, 0.4) is 0 Å². The minimum Gasteiger partial charge on any atom is -0.354 e. The molecule has 1 aromatic heterocycles. The van der Waals surface area contributed by atoms with Crippen LogP contribution in [0.1, 0.15) is 43.4 Å². The van der Waals surface area contributed by atoms with Crippen molar-refractivity contribution in [2.24, 2.45) is 0 Å². The van der Waals surface area contributed by atoms with Gasteiger partial charge in [0.2, 0.25) is 0 Å². The number of pyridine rings is 1. The Balaban J connectivity index is 1.83. The zero-order valence-corrected chi connectivity index (χ0v) is 11.6. The Morgan fingerprint density at radius 2 is 2.17 bits per heavy atom. The first kappa shape index (κ1) is 12.3. The first-order chi connectivity index (χ1) is 8.88. The highest BCUT2D eigenvalue weighted by atomic mass is 35.5. The number of alkyl halides is 1. The summed E-state index contributed by atoms with van der Waals surface area (Å²) in [5.41, 5.74) is 2.80. The largest absolute Gasteiger partial charge is 0.354 e. The van der Waals surface area contributed by atoms with Crippen molar-refractivity contribution in [1.82, 2.24) is 4.98 Å². The molecule has 0 spiro atoms.